The molecular weight excluding hydrogens is 240 g/mol. The molecule has 0 radical (unpaired) electrons. The van der Waals surface area contributed by atoms with Crippen LogP contribution in [0.15, 0.2) is 5.38 Å². The molecule has 1 heterocycles. The molecule has 4 heteroatoms. The lowest BCUT2D eigenvalue weighted by Gasteiger charge is -2.29. The van der Waals surface area contributed by atoms with Crippen molar-refractivity contribution < 1.29 is 0 Å². The van der Waals surface area contributed by atoms with Crippen LogP contribution in [0.1, 0.15) is 37.4 Å². The molecular formula is C12H21ClN2S. The van der Waals surface area contributed by atoms with Crippen molar-refractivity contribution in [1.29, 1.82) is 0 Å². The molecule has 0 aliphatic carbocycles. The first kappa shape index (κ1) is 13.9. The molecule has 0 amide bonds. The third kappa shape index (κ3) is 3.72. The third-order valence-corrected chi connectivity index (χ3v) is 4.76. The standard InChI is InChI=1S/C12H21ClN2S/c1-4-12(5-2,8-13)9-14-6-11-15-10(3)7-16-11/h7,14H,4-6,8-9H2,1-3H3. The minimum atomic E-state index is 0.244. The van der Waals surface area contributed by atoms with E-state index in [0.29, 0.717) is 0 Å². The van der Waals surface area contributed by atoms with Gasteiger partial charge in [-0.1, -0.05) is 13.8 Å². The maximum Gasteiger partial charge on any atom is 0.107 e. The van der Waals surface area contributed by atoms with Gasteiger partial charge in [0.05, 0.1) is 0 Å². The summed E-state index contributed by atoms with van der Waals surface area (Å²) in [6.07, 6.45) is 2.24. The van der Waals surface area contributed by atoms with E-state index < -0.39 is 0 Å². The van der Waals surface area contributed by atoms with Crippen molar-refractivity contribution in [2.45, 2.75) is 40.2 Å². The summed E-state index contributed by atoms with van der Waals surface area (Å²) in [6.45, 7) is 8.28. The maximum atomic E-state index is 6.06. The van der Waals surface area contributed by atoms with Crippen molar-refractivity contribution in [2.24, 2.45) is 5.41 Å². The number of nitrogens with zero attached hydrogens (tertiary/aromatic N) is 1. The molecule has 0 aliphatic heterocycles. The monoisotopic (exact) mass is 260 g/mol. The lowest BCUT2D eigenvalue weighted by Crippen LogP contribution is -2.34. The summed E-state index contributed by atoms with van der Waals surface area (Å²) in [6, 6.07) is 0. The summed E-state index contributed by atoms with van der Waals surface area (Å²) < 4.78 is 0. The molecule has 1 aromatic rings. The molecule has 1 N–H and O–H groups in total. The summed E-state index contributed by atoms with van der Waals surface area (Å²) in [7, 11) is 0. The minimum Gasteiger partial charge on any atom is -0.310 e. The number of nitrogens with one attached hydrogen (secondary N) is 1. The fraction of sp³-hybridized carbons (Fsp3) is 0.750. The van der Waals surface area contributed by atoms with Crippen LogP contribution >= 0.6 is 22.9 Å². The van der Waals surface area contributed by atoms with Gasteiger partial charge >= 0.3 is 0 Å². The highest BCUT2D eigenvalue weighted by Gasteiger charge is 2.24. The van der Waals surface area contributed by atoms with Crippen LogP contribution in [0.2, 0.25) is 0 Å². The van der Waals surface area contributed by atoms with Crippen LogP contribution < -0.4 is 5.32 Å². The van der Waals surface area contributed by atoms with E-state index in [1.165, 1.54) is 0 Å². The SMILES string of the molecule is CCC(CC)(CCl)CNCc1nc(C)cs1. The lowest BCUT2D eigenvalue weighted by molar-refractivity contribution is 0.286. The number of aryl methyl sites for hydroxylation is 1. The van der Waals surface area contributed by atoms with Gasteiger partial charge in [-0.15, -0.1) is 22.9 Å². The molecule has 16 heavy (non-hydrogen) atoms. The van der Waals surface area contributed by atoms with Crippen LogP contribution in [0.3, 0.4) is 0 Å². The van der Waals surface area contributed by atoms with E-state index in [1.54, 1.807) is 11.3 Å². The number of rotatable bonds is 7. The summed E-state index contributed by atoms with van der Waals surface area (Å²) in [5.74, 6) is 0.726. The number of aromatic nitrogens is 1. The summed E-state index contributed by atoms with van der Waals surface area (Å²) in [4.78, 5) is 4.43. The van der Waals surface area contributed by atoms with Crippen molar-refractivity contribution >= 4 is 22.9 Å². The van der Waals surface area contributed by atoms with Gasteiger partial charge in [0.25, 0.3) is 0 Å². The molecule has 0 saturated carbocycles. The number of alkyl halides is 1. The van der Waals surface area contributed by atoms with Crippen molar-refractivity contribution in [3.63, 3.8) is 0 Å². The van der Waals surface area contributed by atoms with Crippen LogP contribution in [-0.4, -0.2) is 17.4 Å². The second-order valence-electron chi connectivity index (χ2n) is 4.33. The Labute approximate surface area is 107 Å². The van der Waals surface area contributed by atoms with Gasteiger partial charge in [0.1, 0.15) is 5.01 Å². The van der Waals surface area contributed by atoms with Crippen LogP contribution in [0.25, 0.3) is 0 Å². The van der Waals surface area contributed by atoms with Gasteiger partial charge in [-0.05, 0) is 25.2 Å². The van der Waals surface area contributed by atoms with E-state index in [0.717, 1.165) is 42.5 Å². The van der Waals surface area contributed by atoms with E-state index in [1.807, 2.05) is 6.92 Å². The Morgan fingerprint density at radius 2 is 2.12 bits per heavy atom. The first-order valence-electron chi connectivity index (χ1n) is 5.83. The van der Waals surface area contributed by atoms with Crippen molar-refractivity contribution in [3.8, 4) is 0 Å². The highest BCUT2D eigenvalue weighted by atomic mass is 35.5. The highest BCUT2D eigenvalue weighted by Crippen LogP contribution is 2.27. The van der Waals surface area contributed by atoms with Crippen LogP contribution in [0.4, 0.5) is 0 Å². The van der Waals surface area contributed by atoms with Crippen molar-refractivity contribution in [1.82, 2.24) is 10.3 Å². The minimum absolute atomic E-state index is 0.244. The number of halogens is 1. The third-order valence-electron chi connectivity index (χ3n) is 3.23. The largest absolute Gasteiger partial charge is 0.310 e. The Morgan fingerprint density at radius 3 is 2.56 bits per heavy atom. The molecule has 1 aromatic heterocycles. The first-order chi connectivity index (χ1) is 7.65. The Morgan fingerprint density at radius 1 is 1.44 bits per heavy atom. The fourth-order valence-corrected chi connectivity index (χ4v) is 2.87. The highest BCUT2D eigenvalue weighted by molar-refractivity contribution is 7.09. The van der Waals surface area contributed by atoms with Crippen molar-refractivity contribution in [3.05, 3.63) is 16.1 Å². The number of thiazole rings is 1. The molecule has 1 rings (SSSR count). The normalized spacial score (nSPS) is 12.0. The lowest BCUT2D eigenvalue weighted by atomic mass is 9.84. The predicted octanol–water partition coefficient (Wildman–Crippen LogP) is 3.59. The number of hydrogen-bond acceptors (Lipinski definition) is 3. The second kappa shape index (κ2) is 6.58. The quantitative estimate of drug-likeness (QED) is 0.758. The Kier molecular flexibility index (Phi) is 5.73. The molecule has 2 nitrogen and oxygen atoms in total. The predicted molar refractivity (Wildman–Crippen MR) is 72.3 cm³/mol. The van der Waals surface area contributed by atoms with Crippen LogP contribution in [-0.2, 0) is 6.54 Å². The van der Waals surface area contributed by atoms with Gasteiger partial charge in [-0.2, -0.15) is 0 Å². The van der Waals surface area contributed by atoms with Crippen LogP contribution in [0.5, 0.6) is 0 Å². The fourth-order valence-electron chi connectivity index (χ4n) is 1.65. The first-order valence-corrected chi connectivity index (χ1v) is 7.25. The molecule has 0 spiro atoms. The smallest absolute Gasteiger partial charge is 0.107 e. The molecule has 0 aromatic carbocycles. The second-order valence-corrected chi connectivity index (χ2v) is 5.54. The van der Waals surface area contributed by atoms with Crippen molar-refractivity contribution in [2.75, 3.05) is 12.4 Å². The van der Waals surface area contributed by atoms with Gasteiger partial charge < -0.3 is 5.32 Å². The van der Waals surface area contributed by atoms with Gasteiger partial charge in [0.15, 0.2) is 0 Å². The van der Waals surface area contributed by atoms with Gasteiger partial charge in [0.2, 0.25) is 0 Å². The summed E-state index contributed by atoms with van der Waals surface area (Å²) in [5, 5.41) is 6.72. The van der Waals surface area contributed by atoms with E-state index in [4.69, 9.17) is 11.6 Å². The molecule has 92 valence electrons. The molecule has 0 bridgehead atoms. The Hall–Kier alpha value is -0.120. The topological polar surface area (TPSA) is 24.9 Å². The maximum absolute atomic E-state index is 6.06. The summed E-state index contributed by atoms with van der Waals surface area (Å²) in [5.41, 5.74) is 1.35. The average molecular weight is 261 g/mol. The van der Waals surface area contributed by atoms with Crippen LogP contribution in [0, 0.1) is 12.3 Å². The van der Waals surface area contributed by atoms with Gasteiger partial charge in [0, 0.05) is 30.0 Å². The average Bonchev–Trinajstić information content (AvgIpc) is 2.71. The zero-order chi connectivity index (χ0) is 12.0. The molecule has 0 aliphatic rings. The van der Waals surface area contributed by atoms with Gasteiger partial charge in [-0.25, -0.2) is 4.98 Å². The number of hydrogen-bond donors (Lipinski definition) is 1. The molecule has 0 atom stereocenters. The van der Waals surface area contributed by atoms with E-state index >= 15 is 0 Å². The zero-order valence-electron chi connectivity index (χ0n) is 10.3. The van der Waals surface area contributed by atoms with E-state index in [9.17, 15) is 0 Å². The molecule has 0 unspecified atom stereocenters. The molecule has 0 saturated heterocycles. The van der Waals surface area contributed by atoms with Gasteiger partial charge in [-0.3, -0.25) is 0 Å². The van der Waals surface area contributed by atoms with E-state index in [-0.39, 0.29) is 5.41 Å². The Bertz CT molecular complexity index is 299. The summed E-state index contributed by atoms with van der Waals surface area (Å²) >= 11 is 7.77. The van der Waals surface area contributed by atoms with E-state index in [2.05, 4.69) is 29.5 Å². The zero-order valence-corrected chi connectivity index (χ0v) is 11.9. The molecule has 0 fully saturated rings. The Balaban J connectivity index is 2.39.